The van der Waals surface area contributed by atoms with Crippen LogP contribution in [0.4, 0.5) is 0 Å². The van der Waals surface area contributed by atoms with E-state index in [1.165, 1.54) is 61.4 Å². The molecule has 0 N–H and O–H groups in total. The van der Waals surface area contributed by atoms with Crippen LogP contribution in [-0.4, -0.2) is 126 Å². The molecule has 4 heterocycles. The molecule has 4 aliphatic heterocycles. The van der Waals surface area contributed by atoms with Crippen LogP contribution >= 0.6 is 0 Å². The number of ether oxygens (including phenoxy) is 12. The van der Waals surface area contributed by atoms with Crippen LogP contribution in [0.5, 0.6) is 23.0 Å². The standard InChI is InChI=1S/C56H62O16/c57-53(37-7-15-41(16-8-37)63-27-3-1-25-61-31-35-5-23-45-47(29-35)69-45)67-43-19-11-39(12-20-43)55(59)71-49-33-65-52-50(34-66-51(49)52)72-56(60)40-13-21-44(22-14-40)68-54(58)38-9-17-42(18-10-38)64-28-4-2-26-62-32-36-6-24-46-48(30-36)70-46/h7-22,35-36,45-52H,1-6,23-34H2. The fraction of sp³-hybridized carbons (Fsp3) is 0.500. The van der Waals surface area contributed by atoms with Crippen molar-refractivity contribution in [1.29, 1.82) is 0 Å². The van der Waals surface area contributed by atoms with E-state index in [2.05, 4.69) is 0 Å². The van der Waals surface area contributed by atoms with Crippen molar-refractivity contribution >= 4 is 23.9 Å². The Kier molecular flexibility index (Phi) is 16.4. The largest absolute Gasteiger partial charge is 0.494 e. The van der Waals surface area contributed by atoms with Gasteiger partial charge in [0.25, 0.3) is 0 Å². The van der Waals surface area contributed by atoms with Crippen molar-refractivity contribution < 1.29 is 76.0 Å². The highest BCUT2D eigenvalue weighted by Gasteiger charge is 2.51. The van der Waals surface area contributed by atoms with Crippen molar-refractivity contribution in [2.24, 2.45) is 11.8 Å². The lowest BCUT2D eigenvalue weighted by atomic mass is 9.90. The molecule has 16 nitrogen and oxygen atoms in total. The summed E-state index contributed by atoms with van der Waals surface area (Å²) in [5.41, 5.74) is 1.17. The summed E-state index contributed by atoms with van der Waals surface area (Å²) in [6.07, 6.45) is 9.68. The lowest BCUT2D eigenvalue weighted by Crippen LogP contribution is -2.36. The van der Waals surface area contributed by atoms with Crippen molar-refractivity contribution in [1.82, 2.24) is 0 Å². The van der Waals surface area contributed by atoms with E-state index in [0.717, 1.165) is 64.6 Å². The minimum atomic E-state index is -0.743. The third kappa shape index (κ3) is 13.4. The van der Waals surface area contributed by atoms with Crippen LogP contribution in [-0.2, 0) is 37.9 Å². The van der Waals surface area contributed by atoms with Crippen LogP contribution in [0.15, 0.2) is 97.1 Å². The molecule has 2 saturated carbocycles. The SMILES string of the molecule is O=C(Oc1ccc(C(=O)OC2COC3C(OC(=O)c4ccc(OC(=O)c5ccc(OCCCCOCC6CCC7OC7C6)cc5)cc4)COC23)cc1)c1ccc(OCCCCOCC2CCC3OC3C2)cc1. The van der Waals surface area contributed by atoms with Crippen LogP contribution in [0.3, 0.4) is 0 Å². The Labute approximate surface area is 418 Å². The Morgan fingerprint density at radius 3 is 1.17 bits per heavy atom. The lowest BCUT2D eigenvalue weighted by molar-refractivity contribution is -0.0287. The minimum absolute atomic E-state index is 0.0466. The van der Waals surface area contributed by atoms with Crippen LogP contribution in [0.2, 0.25) is 0 Å². The molecule has 10 rings (SSSR count). The maximum Gasteiger partial charge on any atom is 0.343 e. The van der Waals surface area contributed by atoms with Gasteiger partial charge in [0.2, 0.25) is 0 Å². The first-order valence-corrected chi connectivity index (χ1v) is 25.5. The highest BCUT2D eigenvalue weighted by Crippen LogP contribution is 2.40. The van der Waals surface area contributed by atoms with Crippen molar-refractivity contribution in [3.05, 3.63) is 119 Å². The molecule has 2 aliphatic carbocycles. The van der Waals surface area contributed by atoms with Gasteiger partial charge in [0.1, 0.15) is 35.2 Å². The first kappa shape index (κ1) is 49.7. The molecular formula is C56H62O16. The number of epoxide rings is 2. The third-order valence-corrected chi connectivity index (χ3v) is 14.1. The Balaban J connectivity index is 0.589. The normalized spacial score (nSPS) is 26.6. The molecule has 0 radical (unpaired) electrons. The van der Waals surface area contributed by atoms with E-state index in [0.29, 0.717) is 85.3 Å². The predicted molar refractivity (Wildman–Crippen MR) is 257 cm³/mol. The van der Waals surface area contributed by atoms with Gasteiger partial charge in [0, 0.05) is 26.4 Å². The number of unbranched alkanes of at least 4 members (excludes halogenated alkanes) is 2. The number of benzene rings is 4. The monoisotopic (exact) mass is 990 g/mol. The molecule has 4 aromatic carbocycles. The number of hydrogen-bond acceptors (Lipinski definition) is 16. The average Bonchev–Trinajstić information content (AvgIpc) is 4.29. The second-order valence-electron chi connectivity index (χ2n) is 19.4. The molecule has 382 valence electrons. The Morgan fingerprint density at radius 2 is 0.778 bits per heavy atom. The van der Waals surface area contributed by atoms with Gasteiger partial charge in [-0.2, -0.15) is 0 Å². The first-order chi connectivity index (χ1) is 35.3. The first-order valence-electron chi connectivity index (χ1n) is 25.5. The molecule has 4 saturated heterocycles. The lowest BCUT2D eigenvalue weighted by Gasteiger charge is -2.18. The van der Waals surface area contributed by atoms with E-state index in [4.69, 9.17) is 56.8 Å². The summed E-state index contributed by atoms with van der Waals surface area (Å²) >= 11 is 0. The zero-order chi connectivity index (χ0) is 49.2. The zero-order valence-corrected chi connectivity index (χ0v) is 40.3. The summed E-state index contributed by atoms with van der Waals surface area (Å²) in [5, 5.41) is 0. The topological polar surface area (TPSA) is 186 Å². The Hall–Kier alpha value is -5.88. The summed E-state index contributed by atoms with van der Waals surface area (Å²) in [7, 11) is 0. The molecule has 4 aromatic rings. The fourth-order valence-electron chi connectivity index (χ4n) is 9.84. The molecule has 10 atom stereocenters. The highest BCUT2D eigenvalue weighted by molar-refractivity contribution is 5.93. The smallest absolute Gasteiger partial charge is 0.343 e. The zero-order valence-electron chi connectivity index (χ0n) is 40.3. The maximum absolute atomic E-state index is 13.1. The van der Waals surface area contributed by atoms with Gasteiger partial charge in [0.05, 0.1) is 73.1 Å². The number of esters is 4. The fourth-order valence-corrected chi connectivity index (χ4v) is 9.84. The molecule has 0 bridgehead atoms. The van der Waals surface area contributed by atoms with Crippen LogP contribution < -0.4 is 18.9 Å². The van der Waals surface area contributed by atoms with Gasteiger partial charge in [-0.25, -0.2) is 19.2 Å². The average molecular weight is 991 g/mol. The minimum Gasteiger partial charge on any atom is -0.494 e. The van der Waals surface area contributed by atoms with Gasteiger partial charge < -0.3 is 56.8 Å². The second-order valence-corrected chi connectivity index (χ2v) is 19.4. The van der Waals surface area contributed by atoms with Crippen molar-refractivity contribution in [2.45, 2.75) is 113 Å². The van der Waals surface area contributed by atoms with E-state index < -0.39 is 48.3 Å². The van der Waals surface area contributed by atoms with Gasteiger partial charge in [-0.15, -0.1) is 0 Å². The van der Waals surface area contributed by atoms with Crippen molar-refractivity contribution in [2.75, 3.05) is 52.9 Å². The van der Waals surface area contributed by atoms with E-state index in [-0.39, 0.29) is 35.8 Å². The molecule has 72 heavy (non-hydrogen) atoms. The molecule has 6 fully saturated rings. The molecule has 6 aliphatic rings. The second kappa shape index (κ2) is 23.8. The molecule has 0 aromatic heterocycles. The summed E-state index contributed by atoms with van der Waals surface area (Å²) in [5.74, 6) is 0.695. The van der Waals surface area contributed by atoms with Gasteiger partial charge in [0.15, 0.2) is 12.2 Å². The molecule has 0 spiro atoms. The van der Waals surface area contributed by atoms with Gasteiger partial charge in [-0.3, -0.25) is 0 Å². The summed E-state index contributed by atoms with van der Waals surface area (Å²) < 4.78 is 69.0. The van der Waals surface area contributed by atoms with Gasteiger partial charge in [-0.1, -0.05) is 0 Å². The van der Waals surface area contributed by atoms with E-state index in [1.54, 1.807) is 48.5 Å². The number of hydrogen-bond donors (Lipinski definition) is 0. The van der Waals surface area contributed by atoms with Crippen LogP contribution in [0.1, 0.15) is 106 Å². The molecule has 0 amide bonds. The summed E-state index contributed by atoms with van der Waals surface area (Å²) in [6, 6.07) is 25.6. The molecule has 16 heteroatoms. The van der Waals surface area contributed by atoms with E-state index >= 15 is 0 Å². The third-order valence-electron chi connectivity index (χ3n) is 14.1. The van der Waals surface area contributed by atoms with Gasteiger partial charge in [-0.05, 0) is 173 Å². The van der Waals surface area contributed by atoms with Crippen molar-refractivity contribution in [3.8, 4) is 23.0 Å². The summed E-state index contributed by atoms with van der Waals surface area (Å²) in [4.78, 5) is 52.0. The Bertz CT molecular complexity index is 2270. The number of rotatable bonds is 24. The quantitative estimate of drug-likeness (QED) is 0.0283. The molecule has 10 unspecified atom stereocenters. The highest BCUT2D eigenvalue weighted by atomic mass is 16.7. The van der Waals surface area contributed by atoms with E-state index in [9.17, 15) is 19.2 Å². The predicted octanol–water partition coefficient (Wildman–Crippen LogP) is 8.16. The van der Waals surface area contributed by atoms with Crippen LogP contribution in [0.25, 0.3) is 0 Å². The number of carbonyl (C=O) groups excluding carboxylic acids is 4. The van der Waals surface area contributed by atoms with Crippen LogP contribution in [0, 0.1) is 11.8 Å². The van der Waals surface area contributed by atoms with Gasteiger partial charge >= 0.3 is 23.9 Å². The maximum atomic E-state index is 13.1. The van der Waals surface area contributed by atoms with Crippen molar-refractivity contribution in [3.63, 3.8) is 0 Å². The molecular weight excluding hydrogens is 929 g/mol. The number of fused-ring (bicyclic) bond motifs is 3. The Morgan fingerprint density at radius 1 is 0.417 bits per heavy atom. The number of carbonyl (C=O) groups is 4. The summed E-state index contributed by atoms with van der Waals surface area (Å²) in [6.45, 7) is 4.21. The van der Waals surface area contributed by atoms with E-state index in [1.807, 2.05) is 0 Å².